The van der Waals surface area contributed by atoms with Gasteiger partial charge in [0.2, 0.25) is 0 Å². The van der Waals surface area contributed by atoms with Gasteiger partial charge < -0.3 is 19.5 Å². The molecule has 35 heavy (non-hydrogen) atoms. The number of aromatic nitrogens is 2. The second-order valence-electron chi connectivity index (χ2n) is 9.11. The lowest BCUT2D eigenvalue weighted by Gasteiger charge is -2.27. The minimum Gasteiger partial charge on any atom is -0.444 e. The molecule has 0 aliphatic carbocycles. The van der Waals surface area contributed by atoms with Gasteiger partial charge in [-0.1, -0.05) is 35.8 Å². The van der Waals surface area contributed by atoms with Gasteiger partial charge in [-0.05, 0) is 56.7 Å². The van der Waals surface area contributed by atoms with Gasteiger partial charge in [0.05, 0.1) is 12.2 Å². The third kappa shape index (κ3) is 6.15. The first-order valence-corrected chi connectivity index (χ1v) is 12.6. The summed E-state index contributed by atoms with van der Waals surface area (Å²) < 4.78 is 10.8. The Balaban J connectivity index is 1.69. The zero-order valence-electron chi connectivity index (χ0n) is 20.0. The van der Waals surface area contributed by atoms with Gasteiger partial charge in [-0.25, -0.2) is 4.79 Å². The van der Waals surface area contributed by atoms with Crippen molar-refractivity contribution in [3.8, 4) is 11.5 Å². The molecule has 1 aliphatic rings. The first kappa shape index (κ1) is 25.1. The summed E-state index contributed by atoms with van der Waals surface area (Å²) in [6, 6.07) is 12.2. The molecule has 1 aromatic heterocycles. The lowest BCUT2D eigenvalue weighted by Crippen LogP contribution is -2.50. The van der Waals surface area contributed by atoms with E-state index in [1.165, 1.54) is 11.8 Å². The van der Waals surface area contributed by atoms with Gasteiger partial charge in [-0.3, -0.25) is 4.79 Å². The molecule has 8 nitrogen and oxygen atoms in total. The molecular formula is C25H27ClN4O4S. The van der Waals surface area contributed by atoms with Crippen molar-refractivity contribution in [2.45, 2.75) is 57.2 Å². The number of anilines is 1. The molecule has 4 rings (SSSR count). The van der Waals surface area contributed by atoms with Crippen LogP contribution in [0.1, 0.15) is 39.1 Å². The molecule has 1 N–H and O–H groups in total. The Morgan fingerprint density at radius 3 is 2.66 bits per heavy atom. The van der Waals surface area contributed by atoms with E-state index in [0.717, 1.165) is 10.5 Å². The number of fused-ring (bicyclic) bond motifs is 1. The van der Waals surface area contributed by atoms with E-state index in [-0.39, 0.29) is 5.91 Å². The summed E-state index contributed by atoms with van der Waals surface area (Å²) in [5.41, 5.74) is 1.64. The van der Waals surface area contributed by atoms with E-state index in [1.54, 1.807) is 37.8 Å². The Morgan fingerprint density at radius 2 is 2.00 bits per heavy atom. The van der Waals surface area contributed by atoms with Crippen molar-refractivity contribution in [2.75, 3.05) is 10.7 Å². The van der Waals surface area contributed by atoms with E-state index in [9.17, 15) is 9.59 Å². The van der Waals surface area contributed by atoms with Gasteiger partial charge in [-0.2, -0.15) is 4.98 Å². The summed E-state index contributed by atoms with van der Waals surface area (Å²) in [7, 11) is 0. The molecule has 0 saturated carbocycles. The van der Waals surface area contributed by atoms with Crippen LogP contribution in [0, 0.1) is 0 Å². The van der Waals surface area contributed by atoms with Crippen LogP contribution in [0.15, 0.2) is 51.9 Å². The molecule has 0 saturated heterocycles. The van der Waals surface area contributed by atoms with Gasteiger partial charge in [0.1, 0.15) is 11.6 Å². The quantitative estimate of drug-likeness (QED) is 0.481. The maximum Gasteiger partial charge on any atom is 0.408 e. The molecule has 1 atom stereocenters. The first-order valence-electron chi connectivity index (χ1n) is 11.3. The molecule has 0 spiro atoms. The second kappa shape index (κ2) is 10.3. The molecule has 10 heteroatoms. The Morgan fingerprint density at radius 1 is 1.26 bits per heavy atom. The minimum absolute atomic E-state index is 0.242. The third-order valence-corrected chi connectivity index (χ3v) is 6.60. The number of hydrogen-bond donors (Lipinski definition) is 1. The molecule has 184 valence electrons. The fraction of sp³-hybridized carbons (Fsp3) is 0.360. The van der Waals surface area contributed by atoms with E-state index in [1.807, 2.05) is 37.3 Å². The smallest absolute Gasteiger partial charge is 0.408 e. The van der Waals surface area contributed by atoms with E-state index < -0.39 is 17.7 Å². The normalized spacial score (nSPS) is 16.0. The first-order chi connectivity index (χ1) is 16.6. The Kier molecular flexibility index (Phi) is 7.37. The monoisotopic (exact) mass is 514 g/mol. The summed E-state index contributed by atoms with van der Waals surface area (Å²) in [6.07, 6.45) is 0.0243. The summed E-state index contributed by atoms with van der Waals surface area (Å²) in [5, 5.41) is 7.34. The number of aryl methyl sites for hydroxylation is 1. The van der Waals surface area contributed by atoms with Crippen LogP contribution in [0.25, 0.3) is 11.5 Å². The number of nitrogens with one attached hydrogen (secondary N) is 1. The Bertz CT molecular complexity index is 1220. The molecule has 3 aromatic rings. The summed E-state index contributed by atoms with van der Waals surface area (Å²) in [5.74, 6) is 1.12. The maximum absolute atomic E-state index is 13.7. The number of benzene rings is 2. The molecule has 2 heterocycles. The number of carbonyl (C=O) groups excluding carboxylic acids is 2. The summed E-state index contributed by atoms with van der Waals surface area (Å²) in [4.78, 5) is 33.2. The van der Waals surface area contributed by atoms with Crippen molar-refractivity contribution in [3.05, 3.63) is 58.9 Å². The summed E-state index contributed by atoms with van der Waals surface area (Å²) in [6.45, 7) is 7.59. The highest BCUT2D eigenvalue weighted by Crippen LogP contribution is 2.38. The van der Waals surface area contributed by atoms with Crippen LogP contribution in [0.4, 0.5) is 10.5 Å². The van der Waals surface area contributed by atoms with Crippen LogP contribution < -0.4 is 10.2 Å². The number of nitrogens with zero attached hydrogens (tertiary/aromatic N) is 3. The van der Waals surface area contributed by atoms with E-state index >= 15 is 0 Å². The number of amides is 2. The molecule has 2 aromatic carbocycles. The van der Waals surface area contributed by atoms with Gasteiger partial charge >= 0.3 is 6.09 Å². The SMILES string of the molecule is CCc1noc(-c2ccc3c(c2)N(Cc2ccc(Cl)cc2)C(=O)[C@@H](NC(=O)OC(C)(C)C)CS3)n1. The lowest BCUT2D eigenvalue weighted by molar-refractivity contribution is -0.120. The predicted octanol–water partition coefficient (Wildman–Crippen LogP) is 5.48. The van der Waals surface area contributed by atoms with Crippen LogP contribution in [0.5, 0.6) is 0 Å². The molecule has 1 aliphatic heterocycles. The van der Waals surface area contributed by atoms with Crippen LogP contribution in [-0.2, 0) is 22.5 Å². The highest BCUT2D eigenvalue weighted by Gasteiger charge is 2.33. The summed E-state index contributed by atoms with van der Waals surface area (Å²) >= 11 is 7.55. The number of halogens is 1. The number of thioether (sulfide) groups is 1. The molecule has 0 fully saturated rings. The highest BCUT2D eigenvalue weighted by atomic mass is 35.5. The van der Waals surface area contributed by atoms with Gasteiger partial charge in [0.25, 0.3) is 11.8 Å². The number of rotatable bonds is 5. The minimum atomic E-state index is -0.770. The Hall–Kier alpha value is -3.04. The second-order valence-corrected chi connectivity index (χ2v) is 10.6. The molecule has 0 radical (unpaired) electrons. The average Bonchev–Trinajstić information content (AvgIpc) is 3.25. The third-order valence-electron chi connectivity index (χ3n) is 5.20. The highest BCUT2D eigenvalue weighted by molar-refractivity contribution is 7.99. The van der Waals surface area contributed by atoms with E-state index in [4.69, 9.17) is 20.9 Å². The predicted molar refractivity (Wildman–Crippen MR) is 136 cm³/mol. The number of ether oxygens (including phenoxy) is 1. The van der Waals surface area contributed by atoms with Crippen molar-refractivity contribution < 1.29 is 18.8 Å². The van der Waals surface area contributed by atoms with Crippen LogP contribution in [-0.4, -0.2) is 39.5 Å². The Labute approximate surface area is 213 Å². The zero-order valence-corrected chi connectivity index (χ0v) is 21.6. The van der Waals surface area contributed by atoms with Crippen molar-refractivity contribution in [3.63, 3.8) is 0 Å². The lowest BCUT2D eigenvalue weighted by atomic mass is 10.1. The topological polar surface area (TPSA) is 97.6 Å². The van der Waals surface area contributed by atoms with E-state index in [2.05, 4.69) is 15.5 Å². The van der Waals surface area contributed by atoms with Gasteiger partial charge in [-0.15, -0.1) is 11.8 Å². The van der Waals surface area contributed by atoms with Crippen LogP contribution in [0.3, 0.4) is 0 Å². The number of hydrogen-bond acceptors (Lipinski definition) is 7. The average molecular weight is 515 g/mol. The zero-order chi connectivity index (χ0) is 25.2. The van der Waals surface area contributed by atoms with Crippen molar-refractivity contribution >= 4 is 41.1 Å². The molecule has 0 bridgehead atoms. The number of alkyl carbamates (subject to hydrolysis) is 1. The van der Waals surface area contributed by atoms with Gasteiger partial charge in [0.15, 0.2) is 5.82 Å². The van der Waals surface area contributed by atoms with Crippen LogP contribution >= 0.6 is 23.4 Å². The largest absolute Gasteiger partial charge is 0.444 e. The fourth-order valence-corrected chi connectivity index (χ4v) is 4.72. The van der Waals surface area contributed by atoms with E-state index in [0.29, 0.717) is 46.7 Å². The molecule has 0 unspecified atom stereocenters. The van der Waals surface area contributed by atoms with Gasteiger partial charge in [0, 0.05) is 27.7 Å². The van der Waals surface area contributed by atoms with Crippen LogP contribution in [0.2, 0.25) is 5.02 Å². The maximum atomic E-state index is 13.7. The fourth-order valence-electron chi connectivity index (χ4n) is 3.54. The van der Waals surface area contributed by atoms with Crippen molar-refractivity contribution in [2.24, 2.45) is 0 Å². The van der Waals surface area contributed by atoms with Crippen molar-refractivity contribution in [1.29, 1.82) is 0 Å². The molecular weight excluding hydrogens is 488 g/mol. The standard InChI is InChI=1S/C25H27ClN4O4S/c1-5-21-28-22(34-29-21)16-8-11-20-19(12-16)30(13-15-6-9-17(26)10-7-15)23(31)18(14-35-20)27-24(32)33-25(2,3)4/h6-12,18H,5,13-14H2,1-4H3,(H,27,32)/t18-/m0/s1. The molecule has 2 amide bonds. The number of carbonyl (C=O) groups is 2. The van der Waals surface area contributed by atoms with Crippen molar-refractivity contribution in [1.82, 2.24) is 15.5 Å².